The molecule has 0 fully saturated rings. The van der Waals surface area contributed by atoms with Gasteiger partial charge in [-0.25, -0.2) is 0 Å². The molecule has 0 saturated carbocycles. The topological polar surface area (TPSA) is 52.3 Å². The number of aromatic nitrogens is 4. The van der Waals surface area contributed by atoms with Gasteiger partial charge in [0.05, 0.1) is 0 Å². The highest BCUT2D eigenvalue weighted by Gasteiger charge is 2.08. The predicted molar refractivity (Wildman–Crippen MR) is 79.8 cm³/mol. The summed E-state index contributed by atoms with van der Waals surface area (Å²) in [5.41, 5.74) is 0.574. The first-order valence-corrected chi connectivity index (χ1v) is 6.73. The standard InChI is InChI=1S/C15H9ClN4O/c16-15-18-17-13-8-9-14(19-20(13)15)21-12-7-3-5-10-4-1-2-6-11(10)12/h1-9H. The van der Waals surface area contributed by atoms with Crippen molar-refractivity contribution < 1.29 is 4.74 Å². The number of halogens is 1. The summed E-state index contributed by atoms with van der Waals surface area (Å²) in [7, 11) is 0. The van der Waals surface area contributed by atoms with E-state index in [0.717, 1.165) is 16.5 Å². The average molecular weight is 297 g/mol. The van der Waals surface area contributed by atoms with Crippen molar-refractivity contribution in [1.29, 1.82) is 0 Å². The van der Waals surface area contributed by atoms with Crippen molar-refractivity contribution in [2.24, 2.45) is 0 Å². The van der Waals surface area contributed by atoms with Crippen molar-refractivity contribution in [2.75, 3.05) is 0 Å². The lowest BCUT2D eigenvalue weighted by Gasteiger charge is -2.08. The van der Waals surface area contributed by atoms with Gasteiger partial charge in [-0.3, -0.25) is 0 Å². The number of benzene rings is 2. The van der Waals surface area contributed by atoms with Gasteiger partial charge >= 0.3 is 0 Å². The molecule has 21 heavy (non-hydrogen) atoms. The third kappa shape index (κ3) is 2.08. The van der Waals surface area contributed by atoms with E-state index in [-0.39, 0.29) is 5.28 Å². The molecule has 6 heteroatoms. The lowest BCUT2D eigenvalue weighted by Crippen LogP contribution is -1.96. The smallest absolute Gasteiger partial charge is 0.246 e. The van der Waals surface area contributed by atoms with E-state index in [1.807, 2.05) is 42.5 Å². The Bertz CT molecular complexity index is 945. The number of hydrogen-bond acceptors (Lipinski definition) is 4. The fraction of sp³-hybridized carbons (Fsp3) is 0. The van der Waals surface area contributed by atoms with E-state index in [1.165, 1.54) is 4.52 Å². The van der Waals surface area contributed by atoms with E-state index in [9.17, 15) is 0 Å². The SMILES string of the molecule is Clc1nnc2ccc(Oc3cccc4ccccc34)nn12. The first kappa shape index (κ1) is 12.1. The molecule has 0 aliphatic carbocycles. The van der Waals surface area contributed by atoms with Gasteiger partial charge < -0.3 is 4.74 Å². The Morgan fingerprint density at radius 1 is 0.905 bits per heavy atom. The lowest BCUT2D eigenvalue weighted by molar-refractivity contribution is 0.457. The van der Waals surface area contributed by atoms with Gasteiger partial charge in [0.2, 0.25) is 11.2 Å². The van der Waals surface area contributed by atoms with E-state index in [0.29, 0.717) is 11.5 Å². The summed E-state index contributed by atoms with van der Waals surface area (Å²) >= 11 is 5.91. The average Bonchev–Trinajstić information content (AvgIpc) is 2.89. The van der Waals surface area contributed by atoms with Crippen molar-refractivity contribution in [1.82, 2.24) is 19.8 Å². The fourth-order valence-corrected chi connectivity index (χ4v) is 2.36. The molecule has 4 aromatic rings. The molecule has 102 valence electrons. The highest BCUT2D eigenvalue weighted by molar-refractivity contribution is 6.28. The molecule has 0 N–H and O–H groups in total. The summed E-state index contributed by atoms with van der Waals surface area (Å²) in [5.74, 6) is 1.17. The molecule has 5 nitrogen and oxygen atoms in total. The van der Waals surface area contributed by atoms with Crippen LogP contribution in [0.3, 0.4) is 0 Å². The Labute approximate surface area is 124 Å². The zero-order chi connectivity index (χ0) is 14.2. The summed E-state index contributed by atoms with van der Waals surface area (Å²) in [5, 5.41) is 14.2. The monoisotopic (exact) mass is 296 g/mol. The van der Waals surface area contributed by atoms with Gasteiger partial charge in [-0.05, 0) is 29.1 Å². The van der Waals surface area contributed by atoms with Gasteiger partial charge in [0.25, 0.3) is 0 Å². The highest BCUT2D eigenvalue weighted by atomic mass is 35.5. The summed E-state index contributed by atoms with van der Waals surface area (Å²) in [6.45, 7) is 0. The Morgan fingerprint density at radius 2 is 1.76 bits per heavy atom. The fourth-order valence-electron chi connectivity index (χ4n) is 2.20. The van der Waals surface area contributed by atoms with E-state index in [1.54, 1.807) is 12.1 Å². The van der Waals surface area contributed by atoms with Gasteiger partial charge in [-0.1, -0.05) is 36.4 Å². The van der Waals surface area contributed by atoms with Crippen LogP contribution in [0.25, 0.3) is 16.4 Å². The minimum absolute atomic E-state index is 0.202. The molecule has 2 aromatic carbocycles. The molecule has 0 aliphatic heterocycles. The molecular formula is C15H9ClN4O. The van der Waals surface area contributed by atoms with Crippen LogP contribution in [0.5, 0.6) is 11.6 Å². The van der Waals surface area contributed by atoms with Crippen molar-refractivity contribution in [3.05, 3.63) is 59.9 Å². The van der Waals surface area contributed by atoms with Crippen LogP contribution in [0.1, 0.15) is 0 Å². The maximum absolute atomic E-state index is 5.91. The minimum atomic E-state index is 0.202. The Balaban J connectivity index is 1.80. The molecule has 0 aliphatic rings. The number of ether oxygens (including phenoxy) is 1. The van der Waals surface area contributed by atoms with Crippen molar-refractivity contribution in [3.63, 3.8) is 0 Å². The molecule has 0 spiro atoms. The van der Waals surface area contributed by atoms with Gasteiger partial charge in [0, 0.05) is 11.5 Å². The van der Waals surface area contributed by atoms with E-state index < -0.39 is 0 Å². The second-order valence-corrected chi connectivity index (χ2v) is 4.83. The van der Waals surface area contributed by atoms with Crippen LogP contribution in [-0.4, -0.2) is 19.8 Å². The van der Waals surface area contributed by atoms with E-state index >= 15 is 0 Å². The van der Waals surface area contributed by atoms with Gasteiger partial charge in [-0.15, -0.1) is 15.3 Å². The Morgan fingerprint density at radius 3 is 2.71 bits per heavy atom. The first-order valence-electron chi connectivity index (χ1n) is 6.35. The van der Waals surface area contributed by atoms with Crippen LogP contribution < -0.4 is 4.74 Å². The van der Waals surface area contributed by atoms with Crippen LogP contribution in [0.15, 0.2) is 54.6 Å². The third-order valence-electron chi connectivity index (χ3n) is 3.16. The minimum Gasteiger partial charge on any atom is -0.437 e. The number of fused-ring (bicyclic) bond motifs is 2. The van der Waals surface area contributed by atoms with E-state index in [2.05, 4.69) is 15.3 Å². The molecule has 0 amide bonds. The summed E-state index contributed by atoms with van der Waals surface area (Å²) < 4.78 is 7.31. The van der Waals surface area contributed by atoms with E-state index in [4.69, 9.17) is 16.3 Å². The Kier molecular flexibility index (Phi) is 2.72. The molecule has 0 atom stereocenters. The summed E-state index contributed by atoms with van der Waals surface area (Å²) in [6.07, 6.45) is 0. The lowest BCUT2D eigenvalue weighted by atomic mass is 10.1. The number of rotatable bonds is 2. The van der Waals surface area contributed by atoms with Crippen LogP contribution >= 0.6 is 11.6 Å². The quantitative estimate of drug-likeness (QED) is 0.565. The van der Waals surface area contributed by atoms with Gasteiger partial charge in [-0.2, -0.15) is 4.52 Å². The molecule has 0 unspecified atom stereocenters. The normalized spacial score (nSPS) is 11.1. The predicted octanol–water partition coefficient (Wildman–Crippen LogP) is 3.72. The zero-order valence-corrected chi connectivity index (χ0v) is 11.5. The molecule has 0 radical (unpaired) electrons. The third-order valence-corrected chi connectivity index (χ3v) is 3.40. The van der Waals surface area contributed by atoms with Gasteiger partial charge in [0.15, 0.2) is 5.65 Å². The molecule has 0 bridgehead atoms. The first-order chi connectivity index (χ1) is 10.3. The number of nitrogens with zero attached hydrogens (tertiary/aromatic N) is 4. The largest absolute Gasteiger partial charge is 0.437 e. The molecule has 0 saturated heterocycles. The summed E-state index contributed by atoms with van der Waals surface area (Å²) in [6, 6.07) is 17.4. The molecule has 2 aromatic heterocycles. The van der Waals surface area contributed by atoms with Crippen molar-refractivity contribution in [3.8, 4) is 11.6 Å². The molecule has 4 rings (SSSR count). The van der Waals surface area contributed by atoms with Crippen LogP contribution in [0.4, 0.5) is 0 Å². The highest BCUT2D eigenvalue weighted by Crippen LogP contribution is 2.28. The Hall–Kier alpha value is -2.66. The maximum Gasteiger partial charge on any atom is 0.246 e. The van der Waals surface area contributed by atoms with Gasteiger partial charge in [0.1, 0.15) is 5.75 Å². The molecular weight excluding hydrogens is 288 g/mol. The van der Waals surface area contributed by atoms with Crippen molar-refractivity contribution in [2.45, 2.75) is 0 Å². The zero-order valence-electron chi connectivity index (χ0n) is 10.8. The van der Waals surface area contributed by atoms with Crippen LogP contribution in [-0.2, 0) is 0 Å². The van der Waals surface area contributed by atoms with Crippen LogP contribution in [0, 0.1) is 0 Å². The summed E-state index contributed by atoms with van der Waals surface area (Å²) in [4.78, 5) is 0. The second-order valence-electron chi connectivity index (χ2n) is 4.49. The van der Waals surface area contributed by atoms with Crippen molar-refractivity contribution >= 4 is 28.0 Å². The maximum atomic E-state index is 5.91. The second kappa shape index (κ2) is 4.71. The molecule has 2 heterocycles. The van der Waals surface area contributed by atoms with Crippen LogP contribution in [0.2, 0.25) is 5.28 Å². The number of hydrogen-bond donors (Lipinski definition) is 0.